The number of benzene rings is 1. The fourth-order valence-corrected chi connectivity index (χ4v) is 3.75. The Morgan fingerprint density at radius 2 is 1.48 bits per heavy atom. The van der Waals surface area contributed by atoms with Crippen LogP contribution in [0.25, 0.3) is 0 Å². The molecule has 1 fully saturated rings. The van der Waals surface area contributed by atoms with Crippen LogP contribution < -0.4 is 14.4 Å². The van der Waals surface area contributed by atoms with E-state index in [-0.39, 0.29) is 5.91 Å². The average Bonchev–Trinajstić information content (AvgIpc) is 2.66. The predicted molar refractivity (Wildman–Crippen MR) is 104 cm³/mol. The van der Waals surface area contributed by atoms with Gasteiger partial charge >= 0.3 is 0 Å². The Balaban J connectivity index is 1.47. The van der Waals surface area contributed by atoms with Gasteiger partial charge in [0.25, 0.3) is 5.91 Å². The van der Waals surface area contributed by atoms with Crippen molar-refractivity contribution in [3.8, 4) is 11.5 Å². The highest BCUT2D eigenvalue weighted by Crippen LogP contribution is 2.33. The van der Waals surface area contributed by atoms with Gasteiger partial charge in [0.2, 0.25) is 0 Å². The van der Waals surface area contributed by atoms with Crippen LogP contribution in [-0.4, -0.2) is 55.2 Å². The van der Waals surface area contributed by atoms with Crippen LogP contribution in [-0.2, 0) is 0 Å². The van der Waals surface area contributed by atoms with Crippen molar-refractivity contribution in [2.75, 3.05) is 44.3 Å². The van der Waals surface area contributed by atoms with Crippen molar-refractivity contribution in [3.05, 3.63) is 46.8 Å². The molecule has 142 valence electrons. The molecule has 1 aromatic carbocycles. The molecule has 2 aliphatic heterocycles. The van der Waals surface area contributed by atoms with E-state index in [0.29, 0.717) is 37.6 Å². The van der Waals surface area contributed by atoms with Gasteiger partial charge in [-0.15, -0.1) is 0 Å². The van der Waals surface area contributed by atoms with Crippen LogP contribution >= 0.6 is 0 Å². The Morgan fingerprint density at radius 3 is 2.11 bits per heavy atom. The number of hydrogen-bond donors (Lipinski definition) is 0. The Bertz CT molecular complexity index is 853. The summed E-state index contributed by atoms with van der Waals surface area (Å²) in [6.07, 6.45) is 0. The van der Waals surface area contributed by atoms with Gasteiger partial charge in [-0.1, -0.05) is 0 Å². The summed E-state index contributed by atoms with van der Waals surface area (Å²) in [7, 11) is 0. The first-order chi connectivity index (χ1) is 13.0. The minimum atomic E-state index is 0.0613. The molecule has 1 aromatic heterocycles. The Morgan fingerprint density at radius 1 is 0.889 bits per heavy atom. The summed E-state index contributed by atoms with van der Waals surface area (Å²) in [4.78, 5) is 21.8. The number of hydrogen-bond acceptors (Lipinski definition) is 5. The molecular formula is C21H25N3O3. The van der Waals surface area contributed by atoms with Crippen molar-refractivity contribution < 1.29 is 14.3 Å². The molecule has 0 N–H and O–H groups in total. The van der Waals surface area contributed by atoms with Gasteiger partial charge in [0.05, 0.1) is 0 Å². The van der Waals surface area contributed by atoms with Crippen LogP contribution in [0.2, 0.25) is 0 Å². The summed E-state index contributed by atoms with van der Waals surface area (Å²) < 4.78 is 11.2. The number of amides is 1. The lowest BCUT2D eigenvalue weighted by Crippen LogP contribution is -2.49. The quantitative estimate of drug-likeness (QED) is 0.817. The maximum Gasteiger partial charge on any atom is 0.254 e. The number of piperazine rings is 1. The number of carbonyl (C=O) groups is 1. The smallest absolute Gasteiger partial charge is 0.254 e. The van der Waals surface area contributed by atoms with Gasteiger partial charge in [-0.05, 0) is 50.6 Å². The summed E-state index contributed by atoms with van der Waals surface area (Å²) in [5, 5.41) is 0. The molecule has 6 nitrogen and oxygen atoms in total. The van der Waals surface area contributed by atoms with E-state index in [1.54, 1.807) is 0 Å². The van der Waals surface area contributed by atoms with Crippen molar-refractivity contribution >= 4 is 11.6 Å². The summed E-state index contributed by atoms with van der Waals surface area (Å²) in [5.74, 6) is 1.45. The molecule has 0 bridgehead atoms. The van der Waals surface area contributed by atoms with E-state index in [1.807, 2.05) is 37.8 Å². The van der Waals surface area contributed by atoms with E-state index in [4.69, 9.17) is 9.47 Å². The number of aryl methyl sites for hydroxylation is 3. The van der Waals surface area contributed by atoms with Gasteiger partial charge in [-0.3, -0.25) is 9.78 Å². The molecule has 0 aliphatic carbocycles. The molecule has 3 heterocycles. The van der Waals surface area contributed by atoms with Gasteiger partial charge in [0.15, 0.2) is 11.5 Å². The van der Waals surface area contributed by atoms with Gasteiger partial charge in [0, 0.05) is 48.8 Å². The van der Waals surface area contributed by atoms with Crippen molar-refractivity contribution in [2.45, 2.75) is 20.8 Å². The monoisotopic (exact) mass is 367 g/mol. The zero-order valence-corrected chi connectivity index (χ0v) is 16.1. The van der Waals surface area contributed by atoms with E-state index in [9.17, 15) is 4.79 Å². The van der Waals surface area contributed by atoms with Crippen LogP contribution in [0.5, 0.6) is 11.5 Å². The minimum Gasteiger partial charge on any atom is -0.486 e. The van der Waals surface area contributed by atoms with Crippen LogP contribution in [0.15, 0.2) is 24.3 Å². The minimum absolute atomic E-state index is 0.0613. The summed E-state index contributed by atoms with van der Waals surface area (Å²) >= 11 is 0. The number of anilines is 1. The Hall–Kier alpha value is -2.76. The maximum atomic E-state index is 13.1. The highest BCUT2D eigenvalue weighted by molar-refractivity contribution is 5.96. The first kappa shape index (κ1) is 17.6. The van der Waals surface area contributed by atoms with Crippen molar-refractivity contribution in [1.29, 1.82) is 0 Å². The third-order valence-electron chi connectivity index (χ3n) is 5.12. The van der Waals surface area contributed by atoms with E-state index < -0.39 is 0 Å². The maximum absolute atomic E-state index is 13.1. The highest BCUT2D eigenvalue weighted by Gasteiger charge is 2.25. The van der Waals surface area contributed by atoms with Crippen LogP contribution in [0.4, 0.5) is 5.69 Å². The zero-order valence-electron chi connectivity index (χ0n) is 16.1. The number of ether oxygens (including phenoxy) is 2. The molecule has 4 rings (SSSR count). The van der Waals surface area contributed by atoms with Crippen LogP contribution in [0.3, 0.4) is 0 Å². The standard InChI is InChI=1S/C21H25N3O3/c1-14-10-19-20(27-9-8-26-19)13-18(14)21(25)24-6-4-23(5-7-24)17-11-15(2)22-16(3)12-17/h10-13H,4-9H2,1-3H3. The second kappa shape index (κ2) is 7.10. The average molecular weight is 367 g/mol. The molecule has 0 atom stereocenters. The second-order valence-corrected chi connectivity index (χ2v) is 7.20. The lowest BCUT2D eigenvalue weighted by atomic mass is 10.1. The number of fused-ring (bicyclic) bond motifs is 1. The fraction of sp³-hybridized carbons (Fsp3) is 0.429. The molecule has 1 saturated heterocycles. The second-order valence-electron chi connectivity index (χ2n) is 7.20. The van der Waals surface area contributed by atoms with E-state index in [1.165, 1.54) is 5.69 Å². The molecule has 6 heteroatoms. The number of pyridine rings is 1. The first-order valence-electron chi connectivity index (χ1n) is 9.41. The summed E-state index contributed by atoms with van der Waals surface area (Å²) in [6.45, 7) is 10.1. The number of aromatic nitrogens is 1. The topological polar surface area (TPSA) is 54.9 Å². The van der Waals surface area contributed by atoms with Crippen molar-refractivity contribution in [3.63, 3.8) is 0 Å². The largest absolute Gasteiger partial charge is 0.486 e. The highest BCUT2D eigenvalue weighted by atomic mass is 16.6. The lowest BCUT2D eigenvalue weighted by molar-refractivity contribution is 0.0745. The zero-order chi connectivity index (χ0) is 19.0. The molecule has 2 aliphatic rings. The lowest BCUT2D eigenvalue weighted by Gasteiger charge is -2.36. The van der Waals surface area contributed by atoms with Gasteiger partial charge in [-0.25, -0.2) is 0 Å². The van der Waals surface area contributed by atoms with E-state index in [0.717, 1.165) is 35.8 Å². The van der Waals surface area contributed by atoms with E-state index >= 15 is 0 Å². The van der Waals surface area contributed by atoms with Crippen LogP contribution in [0, 0.1) is 20.8 Å². The summed E-state index contributed by atoms with van der Waals surface area (Å²) in [5.41, 5.74) is 4.85. The number of carbonyl (C=O) groups excluding carboxylic acids is 1. The number of rotatable bonds is 2. The Kier molecular flexibility index (Phi) is 4.64. The first-order valence-corrected chi connectivity index (χ1v) is 9.41. The molecule has 0 radical (unpaired) electrons. The van der Waals surface area contributed by atoms with Crippen LogP contribution in [0.1, 0.15) is 27.3 Å². The fourth-order valence-electron chi connectivity index (χ4n) is 3.75. The molecular weight excluding hydrogens is 342 g/mol. The third-order valence-corrected chi connectivity index (χ3v) is 5.12. The SMILES string of the molecule is Cc1cc(N2CCN(C(=O)c3cc4c(cc3C)OCCO4)CC2)cc(C)n1. The summed E-state index contributed by atoms with van der Waals surface area (Å²) in [6, 6.07) is 7.94. The third kappa shape index (κ3) is 3.56. The van der Waals surface area contributed by atoms with Gasteiger partial charge in [-0.2, -0.15) is 0 Å². The molecule has 0 unspecified atom stereocenters. The molecule has 0 spiro atoms. The molecule has 2 aromatic rings. The molecule has 0 saturated carbocycles. The van der Waals surface area contributed by atoms with Crippen molar-refractivity contribution in [1.82, 2.24) is 9.88 Å². The van der Waals surface area contributed by atoms with Gasteiger partial charge < -0.3 is 19.3 Å². The number of nitrogens with zero attached hydrogens (tertiary/aromatic N) is 3. The molecule has 27 heavy (non-hydrogen) atoms. The van der Waals surface area contributed by atoms with Crippen molar-refractivity contribution in [2.24, 2.45) is 0 Å². The van der Waals surface area contributed by atoms with E-state index in [2.05, 4.69) is 22.0 Å². The predicted octanol–water partition coefficient (Wildman–Crippen LogP) is 2.74. The normalized spacial score (nSPS) is 16.4. The molecule has 1 amide bonds. The van der Waals surface area contributed by atoms with Gasteiger partial charge in [0.1, 0.15) is 13.2 Å². The Labute approximate surface area is 159 Å².